The maximum Gasteiger partial charge on any atom is 0.0159 e. The second-order valence-corrected chi connectivity index (χ2v) is 25.9. The van der Waals surface area contributed by atoms with E-state index in [9.17, 15) is 0 Å². The molecule has 0 atom stereocenters. The highest BCUT2D eigenvalue weighted by molar-refractivity contribution is 6.30. The fraction of sp³-hybridized carbons (Fsp3) is 0.106. The van der Waals surface area contributed by atoms with E-state index in [-0.39, 0.29) is 16.2 Å². The quantitative estimate of drug-likeness (QED) is 0.146. The minimum absolute atomic E-state index is 0.128. The van der Waals surface area contributed by atoms with Crippen molar-refractivity contribution in [1.29, 1.82) is 0 Å². The molecule has 3 aliphatic carbocycles. The normalized spacial score (nSPS) is 14.5. The average Bonchev–Trinajstić information content (AvgIpc) is 1.78. The second kappa shape index (κ2) is 18.1. The molecule has 0 aliphatic heterocycles. The molecule has 0 unspecified atom stereocenters. The molecule has 17 rings (SSSR count). The van der Waals surface area contributed by atoms with Crippen molar-refractivity contribution in [1.82, 2.24) is 0 Å². The Balaban J connectivity index is 0.772. The lowest BCUT2D eigenvalue weighted by molar-refractivity contribution is 0.660. The first-order valence-electron chi connectivity index (χ1n) is 30.3. The van der Waals surface area contributed by atoms with E-state index in [1.54, 1.807) is 0 Å². The Morgan fingerprint density at radius 3 is 0.600 bits per heavy atom. The molecule has 0 heteroatoms. The van der Waals surface area contributed by atoms with Crippen LogP contribution in [0.3, 0.4) is 0 Å². The highest BCUT2D eigenvalue weighted by Gasteiger charge is 2.40. The van der Waals surface area contributed by atoms with Gasteiger partial charge in [0, 0.05) is 16.2 Å². The summed E-state index contributed by atoms with van der Waals surface area (Å²) in [6.45, 7) is 14.5. The number of hydrogen-bond donors (Lipinski definition) is 0. The zero-order chi connectivity index (χ0) is 57.1. The maximum atomic E-state index is 2.53. The molecule has 0 saturated carbocycles. The van der Waals surface area contributed by atoms with Gasteiger partial charge in [0.05, 0.1) is 0 Å². The van der Waals surface area contributed by atoms with E-state index in [1.165, 1.54) is 177 Å². The Morgan fingerprint density at radius 2 is 0.353 bits per heavy atom. The molecule has 0 radical (unpaired) electrons. The van der Waals surface area contributed by atoms with Gasteiger partial charge in [0.15, 0.2) is 0 Å². The third kappa shape index (κ3) is 7.16. The van der Waals surface area contributed by atoms with Crippen LogP contribution >= 0.6 is 0 Å². The molecule has 0 spiro atoms. The number of benzene rings is 14. The summed E-state index contributed by atoms with van der Waals surface area (Å²) in [5.41, 5.74) is 31.0. The molecular formula is C85H62. The number of fused-ring (bicyclic) bond motifs is 13. The van der Waals surface area contributed by atoms with Gasteiger partial charge in [-0.15, -0.1) is 0 Å². The topological polar surface area (TPSA) is 0 Å². The van der Waals surface area contributed by atoms with Gasteiger partial charge in [0.1, 0.15) is 0 Å². The van der Waals surface area contributed by atoms with Crippen molar-refractivity contribution in [2.75, 3.05) is 0 Å². The van der Waals surface area contributed by atoms with Crippen LogP contribution in [0.5, 0.6) is 0 Å². The molecule has 0 bridgehead atoms. The number of hydrogen-bond acceptors (Lipinski definition) is 0. The van der Waals surface area contributed by atoms with Gasteiger partial charge in [-0.1, -0.05) is 272 Å². The molecule has 402 valence electrons. The smallest absolute Gasteiger partial charge is 0.0159 e. The van der Waals surface area contributed by atoms with Crippen LogP contribution in [0.4, 0.5) is 0 Å². The molecule has 14 aromatic carbocycles. The highest BCUT2D eigenvalue weighted by Crippen LogP contribution is 2.57. The van der Waals surface area contributed by atoms with Crippen LogP contribution in [0.15, 0.2) is 267 Å². The van der Waals surface area contributed by atoms with E-state index in [0.29, 0.717) is 0 Å². The largest absolute Gasteiger partial charge is 0.0622 e. The Kier molecular flexibility index (Phi) is 10.6. The highest BCUT2D eigenvalue weighted by atomic mass is 14.4. The Morgan fingerprint density at radius 1 is 0.165 bits per heavy atom. The van der Waals surface area contributed by atoms with Gasteiger partial charge in [0.2, 0.25) is 0 Å². The molecule has 85 heavy (non-hydrogen) atoms. The summed E-state index contributed by atoms with van der Waals surface area (Å²) in [6, 6.07) is 102. The van der Waals surface area contributed by atoms with Crippen LogP contribution in [-0.2, 0) is 16.2 Å². The van der Waals surface area contributed by atoms with Crippen molar-refractivity contribution in [3.05, 3.63) is 300 Å². The minimum atomic E-state index is -0.230. The van der Waals surface area contributed by atoms with Gasteiger partial charge in [-0.2, -0.15) is 0 Å². The molecule has 0 heterocycles. The average molecular weight is 1080 g/mol. The van der Waals surface area contributed by atoms with Crippen LogP contribution in [0, 0.1) is 0 Å². The zero-order valence-corrected chi connectivity index (χ0v) is 48.9. The van der Waals surface area contributed by atoms with Crippen molar-refractivity contribution < 1.29 is 0 Å². The minimum Gasteiger partial charge on any atom is -0.0622 e. The molecule has 0 amide bonds. The van der Waals surface area contributed by atoms with Gasteiger partial charge < -0.3 is 0 Å². The SMILES string of the molecule is CC1(C)c2cc(-c3ccccc3)ccc2-c2ccc(-c3ccc4c(c3)C(C)(C)c3cc(-c5c6ccccc6c(-c6c7ccccc7c(-c7ccc8c(c7)C(C)(C)c7cc(-c9ccccc9)ccc7-8)c7ccccc67)c6ccccc56)ccc3-4)cc21. The lowest BCUT2D eigenvalue weighted by Gasteiger charge is -2.25. The summed E-state index contributed by atoms with van der Waals surface area (Å²) in [4.78, 5) is 0. The van der Waals surface area contributed by atoms with Crippen molar-refractivity contribution in [2.45, 2.75) is 57.8 Å². The molecule has 0 N–H and O–H groups in total. The Labute approximate surface area is 498 Å². The fourth-order valence-corrected chi connectivity index (χ4v) is 15.9. The first kappa shape index (κ1) is 49.7. The van der Waals surface area contributed by atoms with Gasteiger partial charge in [-0.05, 0) is 213 Å². The molecular weight excluding hydrogens is 1020 g/mol. The van der Waals surface area contributed by atoms with Crippen molar-refractivity contribution >= 4 is 43.1 Å². The summed E-state index contributed by atoms with van der Waals surface area (Å²) in [5, 5.41) is 10.1. The molecule has 0 aromatic heterocycles. The van der Waals surface area contributed by atoms with Crippen molar-refractivity contribution in [2.24, 2.45) is 0 Å². The van der Waals surface area contributed by atoms with Crippen LogP contribution in [0.1, 0.15) is 74.9 Å². The monoisotopic (exact) mass is 1080 g/mol. The van der Waals surface area contributed by atoms with E-state index in [2.05, 4.69) is 308 Å². The standard InChI is InChI=1S/C85H62/c1-83(2)73-45-53(51-21-9-7-10-22-51)33-39-59(73)61-41-35-55(47-75(61)83)56-36-42-62-64-44-38-58(50-78(64)85(5,6)76(62)48-56)80-67-27-15-19-31-71(67)82(72-32-20-16-28-68(72)80)81-69-29-17-13-25-65(69)79(66-26-14-18-30-70(66)81)57-37-43-63-60-40-34-54(52-23-11-8-12-24-52)46-74(60)84(3,4)77(63)49-57/h7-50H,1-6H3. The first-order valence-corrected chi connectivity index (χ1v) is 30.3. The fourth-order valence-electron chi connectivity index (χ4n) is 15.9. The van der Waals surface area contributed by atoms with E-state index in [0.717, 1.165) is 0 Å². The van der Waals surface area contributed by atoms with E-state index in [1.807, 2.05) is 0 Å². The third-order valence-corrected chi connectivity index (χ3v) is 20.3. The van der Waals surface area contributed by atoms with Gasteiger partial charge in [-0.25, -0.2) is 0 Å². The van der Waals surface area contributed by atoms with Gasteiger partial charge in [0.25, 0.3) is 0 Å². The number of rotatable bonds is 6. The lowest BCUT2D eigenvalue weighted by Crippen LogP contribution is -2.15. The van der Waals surface area contributed by atoms with Crippen LogP contribution in [-0.4, -0.2) is 0 Å². The molecule has 3 aliphatic rings. The second-order valence-electron chi connectivity index (χ2n) is 25.9. The summed E-state index contributed by atoms with van der Waals surface area (Å²) in [5.74, 6) is 0. The zero-order valence-electron chi connectivity index (χ0n) is 48.9. The Bertz CT molecular complexity index is 5070. The molecule has 14 aromatic rings. The van der Waals surface area contributed by atoms with Crippen molar-refractivity contribution in [3.63, 3.8) is 0 Å². The summed E-state index contributed by atoms with van der Waals surface area (Å²) < 4.78 is 0. The van der Waals surface area contributed by atoms with Crippen LogP contribution in [0.2, 0.25) is 0 Å². The van der Waals surface area contributed by atoms with Crippen LogP contribution in [0.25, 0.3) is 143 Å². The summed E-state index contributed by atoms with van der Waals surface area (Å²) in [7, 11) is 0. The van der Waals surface area contributed by atoms with Crippen molar-refractivity contribution in [3.8, 4) is 100 Å². The Hall–Kier alpha value is -9.88. The van der Waals surface area contributed by atoms with Gasteiger partial charge in [-0.3, -0.25) is 0 Å². The summed E-state index contributed by atoms with van der Waals surface area (Å²) in [6.07, 6.45) is 0. The van der Waals surface area contributed by atoms with E-state index < -0.39 is 0 Å². The maximum absolute atomic E-state index is 2.53. The first-order chi connectivity index (χ1) is 41.4. The molecule has 0 nitrogen and oxygen atoms in total. The van der Waals surface area contributed by atoms with E-state index in [4.69, 9.17) is 0 Å². The molecule has 0 saturated heterocycles. The van der Waals surface area contributed by atoms with Gasteiger partial charge >= 0.3 is 0 Å². The predicted octanol–water partition coefficient (Wildman–Crippen LogP) is 23.2. The molecule has 0 fully saturated rings. The third-order valence-electron chi connectivity index (χ3n) is 20.3. The predicted molar refractivity (Wildman–Crippen MR) is 362 cm³/mol. The van der Waals surface area contributed by atoms with Crippen LogP contribution < -0.4 is 0 Å². The lowest BCUT2D eigenvalue weighted by atomic mass is 9.78. The van der Waals surface area contributed by atoms with E-state index >= 15 is 0 Å². The summed E-state index contributed by atoms with van der Waals surface area (Å²) >= 11 is 0.